The molecule has 2 saturated heterocycles. The van der Waals surface area contributed by atoms with Crippen LogP contribution >= 0.6 is 0 Å². The Morgan fingerprint density at radius 1 is 0.889 bits per heavy atom. The molecule has 2 aliphatic carbocycles. The highest BCUT2D eigenvalue weighted by Crippen LogP contribution is 2.49. The summed E-state index contributed by atoms with van der Waals surface area (Å²) in [6.45, 7) is 7.35. The lowest BCUT2D eigenvalue weighted by molar-refractivity contribution is 0.0513. The molecular formula is C24H41N3. The van der Waals surface area contributed by atoms with Crippen LogP contribution in [0.25, 0.3) is 0 Å². The monoisotopic (exact) mass is 371 g/mol. The van der Waals surface area contributed by atoms with Crippen molar-refractivity contribution in [1.82, 2.24) is 10.2 Å². The standard InChI is InChI=1S/C24H41N3/c1-14-5-7-17(8-6-14)19-13-18-9-10-22(27(18)4)23(19)24-25-20-11-15(2)16(3)12-21(20)26-24/h14-23H,5-13H2,1-4H3,(H,25,26)/t14?,15?,16?,17?,18-,19-,20?,21?,22?,23+/m1/s1. The van der Waals surface area contributed by atoms with E-state index in [2.05, 4.69) is 38.0 Å². The second-order valence-electron chi connectivity index (χ2n) is 11.2. The van der Waals surface area contributed by atoms with Gasteiger partial charge < -0.3 is 5.32 Å². The molecule has 0 aromatic carbocycles. The van der Waals surface area contributed by atoms with Crippen LogP contribution in [0.15, 0.2) is 4.99 Å². The Hall–Kier alpha value is -0.570. The lowest BCUT2D eigenvalue weighted by atomic mass is 9.66. The Morgan fingerprint density at radius 2 is 1.63 bits per heavy atom. The summed E-state index contributed by atoms with van der Waals surface area (Å²) in [7, 11) is 2.40. The Bertz CT molecular complexity index is 578. The third-order valence-corrected chi connectivity index (χ3v) is 9.61. The van der Waals surface area contributed by atoms with E-state index in [1.807, 2.05) is 0 Å². The molecule has 1 N–H and O–H groups in total. The van der Waals surface area contributed by atoms with Crippen LogP contribution in [-0.2, 0) is 0 Å². The number of hydrogen-bond acceptors (Lipinski definition) is 3. The molecule has 3 heterocycles. The van der Waals surface area contributed by atoms with Crippen LogP contribution in [-0.4, -0.2) is 42.0 Å². The van der Waals surface area contributed by atoms with E-state index in [1.165, 1.54) is 63.6 Å². The van der Waals surface area contributed by atoms with Gasteiger partial charge in [-0.05, 0) is 81.6 Å². The predicted molar refractivity (Wildman–Crippen MR) is 113 cm³/mol. The molecule has 5 rings (SSSR count). The lowest BCUT2D eigenvalue weighted by Crippen LogP contribution is -2.54. The smallest absolute Gasteiger partial charge is 0.102 e. The van der Waals surface area contributed by atoms with Gasteiger partial charge in [-0.25, -0.2) is 0 Å². The van der Waals surface area contributed by atoms with Crippen molar-refractivity contribution < 1.29 is 0 Å². The van der Waals surface area contributed by atoms with Gasteiger partial charge in [0.2, 0.25) is 0 Å². The maximum Gasteiger partial charge on any atom is 0.102 e. The minimum Gasteiger partial charge on any atom is -0.369 e. The molecule has 8 atom stereocenters. The molecule has 0 aromatic rings. The summed E-state index contributed by atoms with van der Waals surface area (Å²) in [5.41, 5.74) is 0. The average Bonchev–Trinajstić information content (AvgIpc) is 3.13. The maximum absolute atomic E-state index is 5.41. The minimum atomic E-state index is 0.558. The molecular weight excluding hydrogens is 330 g/mol. The highest BCUT2D eigenvalue weighted by Gasteiger charge is 2.51. The van der Waals surface area contributed by atoms with Crippen molar-refractivity contribution in [2.75, 3.05) is 7.05 Å². The Balaban J connectivity index is 1.40. The van der Waals surface area contributed by atoms with Gasteiger partial charge in [-0.15, -0.1) is 0 Å². The summed E-state index contributed by atoms with van der Waals surface area (Å²) >= 11 is 0. The fourth-order valence-electron chi connectivity index (χ4n) is 7.54. The van der Waals surface area contributed by atoms with Crippen LogP contribution in [0.4, 0.5) is 0 Å². The summed E-state index contributed by atoms with van der Waals surface area (Å²) < 4.78 is 0. The number of rotatable bonds is 2. The average molecular weight is 372 g/mol. The van der Waals surface area contributed by atoms with E-state index in [1.54, 1.807) is 0 Å². The van der Waals surface area contributed by atoms with Gasteiger partial charge in [0.25, 0.3) is 0 Å². The zero-order valence-electron chi connectivity index (χ0n) is 18.0. The molecule has 27 heavy (non-hydrogen) atoms. The van der Waals surface area contributed by atoms with Gasteiger partial charge in [0.1, 0.15) is 5.84 Å². The number of nitrogens with one attached hydrogen (secondary N) is 1. The second-order valence-corrected chi connectivity index (χ2v) is 11.2. The van der Waals surface area contributed by atoms with Crippen molar-refractivity contribution in [3.8, 4) is 0 Å². The number of nitrogens with zero attached hydrogens (tertiary/aromatic N) is 2. The van der Waals surface area contributed by atoms with E-state index >= 15 is 0 Å². The molecule has 0 amide bonds. The van der Waals surface area contributed by atoms with Gasteiger partial charge in [-0.3, -0.25) is 9.89 Å². The van der Waals surface area contributed by atoms with Crippen molar-refractivity contribution in [3.63, 3.8) is 0 Å². The molecule has 0 spiro atoms. The van der Waals surface area contributed by atoms with Crippen molar-refractivity contribution in [3.05, 3.63) is 0 Å². The topological polar surface area (TPSA) is 27.6 Å². The molecule has 4 fully saturated rings. The van der Waals surface area contributed by atoms with Crippen molar-refractivity contribution in [1.29, 1.82) is 0 Å². The first-order valence-corrected chi connectivity index (χ1v) is 12.1. The van der Waals surface area contributed by atoms with Crippen LogP contribution in [0.5, 0.6) is 0 Å². The number of hydrogen-bond donors (Lipinski definition) is 1. The Kier molecular flexibility index (Phi) is 4.81. The van der Waals surface area contributed by atoms with Crippen molar-refractivity contribution >= 4 is 5.84 Å². The number of fused-ring (bicyclic) bond motifs is 3. The largest absolute Gasteiger partial charge is 0.369 e. The summed E-state index contributed by atoms with van der Waals surface area (Å²) in [5.74, 6) is 6.58. The van der Waals surface area contributed by atoms with Gasteiger partial charge in [0, 0.05) is 24.0 Å². The van der Waals surface area contributed by atoms with Gasteiger partial charge in [-0.2, -0.15) is 0 Å². The maximum atomic E-state index is 5.41. The molecule has 3 aliphatic heterocycles. The van der Waals surface area contributed by atoms with Gasteiger partial charge in [0.05, 0.1) is 6.04 Å². The molecule has 3 heteroatoms. The zero-order valence-corrected chi connectivity index (χ0v) is 18.0. The van der Waals surface area contributed by atoms with Crippen LogP contribution in [0, 0.1) is 35.5 Å². The highest BCUT2D eigenvalue weighted by molar-refractivity contribution is 5.88. The fraction of sp³-hybridized carbons (Fsp3) is 0.958. The van der Waals surface area contributed by atoms with Crippen molar-refractivity contribution in [2.45, 2.75) is 103 Å². The van der Waals surface area contributed by atoms with E-state index in [0.717, 1.165) is 41.7 Å². The molecule has 0 radical (unpaired) electrons. The highest BCUT2D eigenvalue weighted by atomic mass is 15.2. The molecule has 5 aliphatic rings. The van der Waals surface area contributed by atoms with Crippen LogP contribution in [0.2, 0.25) is 0 Å². The molecule has 2 bridgehead atoms. The first kappa shape index (κ1) is 18.5. The van der Waals surface area contributed by atoms with E-state index in [4.69, 9.17) is 4.99 Å². The van der Waals surface area contributed by atoms with Gasteiger partial charge in [0.15, 0.2) is 0 Å². The van der Waals surface area contributed by atoms with Crippen LogP contribution in [0.1, 0.15) is 78.6 Å². The first-order valence-electron chi connectivity index (χ1n) is 12.1. The van der Waals surface area contributed by atoms with E-state index < -0.39 is 0 Å². The van der Waals surface area contributed by atoms with Crippen LogP contribution in [0.3, 0.4) is 0 Å². The fourth-order valence-corrected chi connectivity index (χ4v) is 7.54. The van der Waals surface area contributed by atoms with E-state index in [-0.39, 0.29) is 0 Å². The van der Waals surface area contributed by atoms with E-state index in [0.29, 0.717) is 18.0 Å². The van der Waals surface area contributed by atoms with E-state index in [9.17, 15) is 0 Å². The summed E-state index contributed by atoms with van der Waals surface area (Å²) in [5, 5.41) is 4.02. The third kappa shape index (κ3) is 3.16. The Labute approximate surface area is 166 Å². The summed E-state index contributed by atoms with van der Waals surface area (Å²) in [4.78, 5) is 8.15. The lowest BCUT2D eigenvalue weighted by Gasteiger charge is -2.47. The molecule has 3 nitrogen and oxygen atoms in total. The molecule has 2 saturated carbocycles. The number of amidine groups is 1. The third-order valence-electron chi connectivity index (χ3n) is 9.61. The zero-order chi connectivity index (χ0) is 18.7. The minimum absolute atomic E-state index is 0.558. The summed E-state index contributed by atoms with van der Waals surface area (Å²) in [6.07, 6.45) is 12.7. The number of piperidine rings is 1. The number of aliphatic imine (C=N–C) groups is 1. The molecule has 5 unspecified atom stereocenters. The van der Waals surface area contributed by atoms with Gasteiger partial charge >= 0.3 is 0 Å². The first-order chi connectivity index (χ1) is 13.0. The normalized spacial score (nSPS) is 53.0. The quantitative estimate of drug-likeness (QED) is 0.761. The summed E-state index contributed by atoms with van der Waals surface area (Å²) in [6, 6.07) is 2.78. The molecule has 152 valence electrons. The predicted octanol–water partition coefficient (Wildman–Crippen LogP) is 4.72. The van der Waals surface area contributed by atoms with Gasteiger partial charge in [-0.1, -0.05) is 33.6 Å². The SMILES string of the molecule is CC1CCC([C@H]2C[C@H]3CCC([C@H]2C2=NC4CC(C)C(C)CC4N2)N3C)CC1. The second kappa shape index (κ2) is 7.04. The van der Waals surface area contributed by atoms with Crippen LogP contribution < -0.4 is 5.32 Å². The molecule has 0 aromatic heterocycles. The van der Waals surface area contributed by atoms with Crippen molar-refractivity contribution in [2.24, 2.45) is 40.5 Å². The Morgan fingerprint density at radius 3 is 2.41 bits per heavy atom.